The quantitative estimate of drug-likeness (QED) is 0.0884. The number of aliphatic hydroxyl groups is 4. The number of aliphatic carboxylic acids is 2. The number of ether oxygens (including phenoxy) is 5. The van der Waals surface area contributed by atoms with Crippen LogP contribution in [-0.2, 0) is 42.9 Å². The van der Waals surface area contributed by atoms with Gasteiger partial charge in [-0.3, -0.25) is 19.2 Å². The lowest BCUT2D eigenvalue weighted by atomic mass is 10.4. The van der Waals surface area contributed by atoms with Crippen molar-refractivity contribution in [2.75, 3.05) is 79.3 Å². The summed E-state index contributed by atoms with van der Waals surface area (Å²) in [5, 5.41) is 48.2. The van der Waals surface area contributed by atoms with E-state index in [0.29, 0.717) is 26.2 Å². The number of rotatable bonds is 17. The van der Waals surface area contributed by atoms with E-state index in [1.165, 1.54) is 0 Å². The zero-order valence-corrected chi connectivity index (χ0v) is 19.7. The SMILES string of the molecule is O=C(O)CCOCCO.O=C(O)CCOCCOCCC(=O)OCCO.O=C1CCO1.OCCO. The third-order valence-corrected chi connectivity index (χ3v) is 3.00. The van der Waals surface area contributed by atoms with Crippen molar-refractivity contribution in [3.8, 4) is 0 Å². The molecule has 1 heterocycles. The van der Waals surface area contributed by atoms with Crippen LogP contribution < -0.4 is 0 Å². The number of carboxylic acids is 2. The van der Waals surface area contributed by atoms with Crippen molar-refractivity contribution in [2.45, 2.75) is 25.7 Å². The Balaban J connectivity index is -0.000000467. The fraction of sp³-hybridized carbons (Fsp3) is 0.800. The van der Waals surface area contributed by atoms with E-state index in [2.05, 4.69) is 14.2 Å². The highest BCUT2D eigenvalue weighted by atomic mass is 16.6. The summed E-state index contributed by atoms with van der Waals surface area (Å²) in [7, 11) is 0. The average molecular weight is 519 g/mol. The van der Waals surface area contributed by atoms with Crippen LogP contribution in [0.25, 0.3) is 0 Å². The number of aliphatic hydroxyl groups excluding tert-OH is 4. The first-order chi connectivity index (χ1) is 16.7. The molecule has 0 saturated carbocycles. The van der Waals surface area contributed by atoms with Gasteiger partial charge < -0.3 is 54.3 Å². The van der Waals surface area contributed by atoms with Gasteiger partial charge in [0.25, 0.3) is 0 Å². The van der Waals surface area contributed by atoms with Crippen LogP contribution >= 0.6 is 0 Å². The Kier molecular flexibility index (Phi) is 33.5. The van der Waals surface area contributed by atoms with Crippen molar-refractivity contribution in [3.63, 3.8) is 0 Å². The Morgan fingerprint density at radius 3 is 1.37 bits per heavy atom. The number of cyclic esters (lactones) is 1. The van der Waals surface area contributed by atoms with Crippen LogP contribution in [0.5, 0.6) is 0 Å². The van der Waals surface area contributed by atoms with E-state index >= 15 is 0 Å². The molecule has 1 fully saturated rings. The largest absolute Gasteiger partial charge is 0.481 e. The highest BCUT2D eigenvalue weighted by Crippen LogP contribution is 1.97. The molecule has 35 heavy (non-hydrogen) atoms. The summed E-state index contributed by atoms with van der Waals surface area (Å²) >= 11 is 0. The predicted molar refractivity (Wildman–Crippen MR) is 116 cm³/mol. The van der Waals surface area contributed by atoms with E-state index in [9.17, 15) is 19.2 Å². The number of carbonyl (C=O) groups is 4. The molecule has 1 rings (SSSR count). The Morgan fingerprint density at radius 2 is 1.06 bits per heavy atom. The highest BCUT2D eigenvalue weighted by molar-refractivity contribution is 5.73. The molecule has 0 unspecified atom stereocenters. The second-order valence-corrected chi connectivity index (χ2v) is 5.96. The van der Waals surface area contributed by atoms with Gasteiger partial charge >= 0.3 is 23.9 Å². The molecule has 0 atom stereocenters. The number of carbonyl (C=O) groups excluding carboxylic acids is 2. The molecular weight excluding hydrogens is 480 g/mol. The number of esters is 2. The average Bonchev–Trinajstić information content (AvgIpc) is 2.81. The van der Waals surface area contributed by atoms with Gasteiger partial charge in [-0.15, -0.1) is 0 Å². The van der Waals surface area contributed by atoms with E-state index < -0.39 is 17.9 Å². The Bertz CT molecular complexity index is 505. The molecule has 0 radical (unpaired) electrons. The standard InChI is InChI=1S/C10H18O7.C5H10O4.C3H4O2.C2H6O2/c11-3-6-17-10(14)2-5-16-8-7-15-4-1-9(12)13;6-2-4-9-3-1-5(7)8;4-3-1-2-5-3;3-1-2-4/h11H,1-8H2,(H,12,13);6H,1-4H2,(H,7,8);1-2H2;3-4H,1-2H2. The third kappa shape index (κ3) is 42.2. The summed E-state index contributed by atoms with van der Waals surface area (Å²) in [6.45, 7) is 1.48. The van der Waals surface area contributed by atoms with Crippen molar-refractivity contribution < 1.29 is 73.5 Å². The lowest BCUT2D eigenvalue weighted by Gasteiger charge is -2.09. The van der Waals surface area contributed by atoms with Crippen LogP contribution in [0.2, 0.25) is 0 Å². The van der Waals surface area contributed by atoms with E-state index in [4.69, 9.17) is 40.1 Å². The van der Waals surface area contributed by atoms with E-state index in [1.807, 2.05) is 0 Å². The minimum Gasteiger partial charge on any atom is -0.481 e. The molecule has 0 aliphatic carbocycles. The molecule has 1 aliphatic rings. The monoisotopic (exact) mass is 518 g/mol. The molecule has 1 aliphatic heterocycles. The first-order valence-electron chi connectivity index (χ1n) is 10.7. The predicted octanol–water partition coefficient (Wildman–Crippen LogP) is -2.21. The summed E-state index contributed by atoms with van der Waals surface area (Å²) in [4.78, 5) is 40.5. The van der Waals surface area contributed by atoms with Gasteiger partial charge in [0.15, 0.2) is 0 Å². The van der Waals surface area contributed by atoms with Crippen molar-refractivity contribution in [1.29, 1.82) is 0 Å². The summed E-state index contributed by atoms with van der Waals surface area (Å²) in [5.41, 5.74) is 0. The van der Waals surface area contributed by atoms with E-state index in [1.54, 1.807) is 0 Å². The Hall–Kier alpha value is -2.40. The van der Waals surface area contributed by atoms with Gasteiger partial charge in [0.1, 0.15) is 13.2 Å². The van der Waals surface area contributed by atoms with Gasteiger partial charge in [-0.1, -0.05) is 0 Å². The van der Waals surface area contributed by atoms with Gasteiger partial charge in [0.05, 0.1) is 91.8 Å². The molecule has 0 aromatic carbocycles. The molecule has 0 aromatic rings. The second kappa shape index (κ2) is 31.6. The molecule has 0 spiro atoms. The second-order valence-electron chi connectivity index (χ2n) is 5.96. The Morgan fingerprint density at radius 1 is 0.657 bits per heavy atom. The molecule has 15 nitrogen and oxygen atoms in total. The van der Waals surface area contributed by atoms with Crippen molar-refractivity contribution >= 4 is 23.9 Å². The van der Waals surface area contributed by atoms with Crippen LogP contribution in [0.1, 0.15) is 25.7 Å². The molecule has 0 bridgehead atoms. The third-order valence-electron chi connectivity index (χ3n) is 3.00. The number of hydrogen-bond acceptors (Lipinski definition) is 13. The molecule has 1 saturated heterocycles. The van der Waals surface area contributed by atoms with Gasteiger partial charge in [-0.05, 0) is 0 Å². The molecule has 0 aromatic heterocycles. The lowest BCUT2D eigenvalue weighted by molar-refractivity contribution is -0.157. The van der Waals surface area contributed by atoms with Gasteiger partial charge in [0, 0.05) is 0 Å². The van der Waals surface area contributed by atoms with E-state index in [0.717, 1.165) is 0 Å². The summed E-state index contributed by atoms with van der Waals surface area (Å²) in [6.07, 6.45) is 0.711. The molecule has 0 amide bonds. The van der Waals surface area contributed by atoms with Crippen LogP contribution in [0.15, 0.2) is 0 Å². The van der Waals surface area contributed by atoms with Gasteiger partial charge in [-0.25, -0.2) is 0 Å². The van der Waals surface area contributed by atoms with Crippen LogP contribution in [0.4, 0.5) is 0 Å². The molecule has 15 heteroatoms. The topological polar surface area (TPSA) is 236 Å². The fourth-order valence-electron chi connectivity index (χ4n) is 1.38. The van der Waals surface area contributed by atoms with Crippen LogP contribution in [0.3, 0.4) is 0 Å². The molecule has 208 valence electrons. The van der Waals surface area contributed by atoms with Crippen LogP contribution in [0, 0.1) is 0 Å². The zero-order valence-electron chi connectivity index (χ0n) is 19.7. The van der Waals surface area contributed by atoms with Gasteiger partial charge in [-0.2, -0.15) is 0 Å². The van der Waals surface area contributed by atoms with Crippen molar-refractivity contribution in [1.82, 2.24) is 0 Å². The minimum atomic E-state index is -0.905. The number of hydrogen-bond donors (Lipinski definition) is 6. The lowest BCUT2D eigenvalue weighted by Crippen LogP contribution is -2.18. The first kappa shape index (κ1) is 37.2. The Labute approximate surface area is 203 Å². The smallest absolute Gasteiger partial charge is 0.309 e. The molecule has 6 N–H and O–H groups in total. The maximum atomic E-state index is 10.9. The maximum Gasteiger partial charge on any atom is 0.309 e. The number of carboxylic acid groups (broad SMARTS) is 2. The zero-order chi connectivity index (χ0) is 27.2. The van der Waals surface area contributed by atoms with Crippen molar-refractivity contribution in [2.24, 2.45) is 0 Å². The van der Waals surface area contributed by atoms with Gasteiger partial charge in [0.2, 0.25) is 0 Å². The van der Waals surface area contributed by atoms with Crippen LogP contribution in [-0.4, -0.2) is 134 Å². The fourth-order valence-corrected chi connectivity index (χ4v) is 1.38. The van der Waals surface area contributed by atoms with Crippen molar-refractivity contribution in [3.05, 3.63) is 0 Å². The first-order valence-corrected chi connectivity index (χ1v) is 10.7. The normalized spacial score (nSPS) is 11.1. The van der Waals surface area contributed by atoms with E-state index in [-0.39, 0.29) is 84.7 Å². The summed E-state index contributed by atoms with van der Waals surface area (Å²) < 4.78 is 23.6. The summed E-state index contributed by atoms with van der Waals surface area (Å²) in [5.74, 6) is -2.28. The summed E-state index contributed by atoms with van der Waals surface area (Å²) in [6, 6.07) is 0. The maximum absolute atomic E-state index is 10.9. The minimum absolute atomic E-state index is 0. The molecular formula is C20H38O15. The highest BCUT2D eigenvalue weighted by Gasteiger charge is 2.11.